The van der Waals surface area contributed by atoms with Crippen molar-refractivity contribution in [2.24, 2.45) is 11.7 Å². The number of hydrogen-bond acceptors (Lipinski definition) is 3. The van der Waals surface area contributed by atoms with Crippen molar-refractivity contribution in [3.05, 3.63) is 17.5 Å². The fourth-order valence-corrected chi connectivity index (χ4v) is 1.58. The average Bonchev–Trinajstić information content (AvgIpc) is 2.61. The fraction of sp³-hybridized carbons (Fsp3) is 0.545. The van der Waals surface area contributed by atoms with Gasteiger partial charge in [-0.25, -0.2) is 0 Å². The van der Waals surface area contributed by atoms with Crippen molar-refractivity contribution in [2.75, 3.05) is 13.1 Å². The third-order valence-corrected chi connectivity index (χ3v) is 2.28. The first-order valence-corrected chi connectivity index (χ1v) is 5.49. The zero-order valence-electron chi connectivity index (χ0n) is 10.4. The molecule has 0 saturated carbocycles. The van der Waals surface area contributed by atoms with Crippen LogP contribution in [0.15, 0.2) is 6.20 Å². The summed E-state index contributed by atoms with van der Waals surface area (Å²) in [5.41, 5.74) is 6.31. The lowest BCUT2D eigenvalue weighted by Gasteiger charge is -2.22. The molecule has 0 unspecified atom stereocenters. The number of nitrogens with zero attached hydrogens (tertiary/aromatic N) is 2. The zero-order valence-corrected chi connectivity index (χ0v) is 10.4. The lowest BCUT2D eigenvalue weighted by Crippen LogP contribution is -2.40. The van der Waals surface area contributed by atoms with E-state index in [9.17, 15) is 9.59 Å². The van der Waals surface area contributed by atoms with Gasteiger partial charge in [0.1, 0.15) is 0 Å². The van der Waals surface area contributed by atoms with E-state index in [1.807, 2.05) is 13.8 Å². The standard InChI is InChI=1S/C11H18N4O2/c1-7(2)5-15(6-10(12)16)11(17)9-4-13-14-8(9)3/h4,7H,5-6H2,1-3H3,(H2,12,16)(H,13,14). The van der Waals surface area contributed by atoms with Crippen molar-refractivity contribution >= 4 is 11.8 Å². The number of aryl methyl sites for hydroxylation is 1. The molecule has 0 aliphatic heterocycles. The van der Waals surface area contributed by atoms with Gasteiger partial charge in [-0.2, -0.15) is 5.10 Å². The summed E-state index contributed by atoms with van der Waals surface area (Å²) in [6.45, 7) is 6.14. The second-order valence-electron chi connectivity index (χ2n) is 4.45. The predicted molar refractivity (Wildman–Crippen MR) is 63.3 cm³/mol. The van der Waals surface area contributed by atoms with E-state index < -0.39 is 5.91 Å². The Kier molecular flexibility index (Phi) is 4.25. The van der Waals surface area contributed by atoms with Gasteiger partial charge in [-0.1, -0.05) is 13.8 Å². The highest BCUT2D eigenvalue weighted by Gasteiger charge is 2.21. The van der Waals surface area contributed by atoms with Crippen molar-refractivity contribution < 1.29 is 9.59 Å². The Morgan fingerprint density at radius 1 is 1.53 bits per heavy atom. The van der Waals surface area contributed by atoms with Gasteiger partial charge in [0.15, 0.2) is 0 Å². The third-order valence-electron chi connectivity index (χ3n) is 2.28. The van der Waals surface area contributed by atoms with Gasteiger partial charge in [0.05, 0.1) is 18.3 Å². The number of amides is 2. The van der Waals surface area contributed by atoms with Crippen LogP contribution in [0.25, 0.3) is 0 Å². The van der Waals surface area contributed by atoms with E-state index >= 15 is 0 Å². The van der Waals surface area contributed by atoms with Crippen LogP contribution < -0.4 is 5.73 Å². The number of carbonyl (C=O) groups excluding carboxylic acids is 2. The molecule has 0 aliphatic carbocycles. The number of primary amides is 1. The summed E-state index contributed by atoms with van der Waals surface area (Å²) in [6.07, 6.45) is 1.46. The monoisotopic (exact) mass is 238 g/mol. The molecule has 1 rings (SSSR count). The minimum atomic E-state index is -0.514. The van der Waals surface area contributed by atoms with Gasteiger partial charge in [0, 0.05) is 12.2 Å². The first-order valence-electron chi connectivity index (χ1n) is 5.49. The van der Waals surface area contributed by atoms with Crippen LogP contribution in [-0.2, 0) is 4.79 Å². The highest BCUT2D eigenvalue weighted by molar-refractivity contribution is 5.97. The Balaban J connectivity index is 2.86. The van der Waals surface area contributed by atoms with Gasteiger partial charge in [-0.15, -0.1) is 0 Å². The average molecular weight is 238 g/mol. The Bertz CT molecular complexity index is 411. The molecule has 0 aromatic carbocycles. The van der Waals surface area contributed by atoms with Crippen molar-refractivity contribution in [1.29, 1.82) is 0 Å². The molecule has 1 aromatic rings. The van der Waals surface area contributed by atoms with Crippen LogP contribution in [0.4, 0.5) is 0 Å². The number of aromatic amines is 1. The number of hydrogen-bond donors (Lipinski definition) is 2. The number of carbonyl (C=O) groups is 2. The van der Waals surface area contributed by atoms with E-state index in [0.717, 1.165) is 0 Å². The van der Waals surface area contributed by atoms with E-state index in [2.05, 4.69) is 10.2 Å². The van der Waals surface area contributed by atoms with Crippen molar-refractivity contribution in [2.45, 2.75) is 20.8 Å². The topological polar surface area (TPSA) is 92.1 Å². The molecular formula is C11H18N4O2. The van der Waals surface area contributed by atoms with E-state index in [-0.39, 0.29) is 18.4 Å². The molecule has 6 heteroatoms. The van der Waals surface area contributed by atoms with Crippen LogP contribution in [-0.4, -0.2) is 40.0 Å². The van der Waals surface area contributed by atoms with Crippen LogP contribution in [0.2, 0.25) is 0 Å². The maximum atomic E-state index is 12.2. The van der Waals surface area contributed by atoms with E-state index in [4.69, 9.17) is 5.73 Å². The second kappa shape index (κ2) is 5.47. The van der Waals surface area contributed by atoms with Gasteiger partial charge in [-0.05, 0) is 12.8 Å². The summed E-state index contributed by atoms with van der Waals surface area (Å²) in [6, 6.07) is 0. The first kappa shape index (κ1) is 13.2. The summed E-state index contributed by atoms with van der Waals surface area (Å²) < 4.78 is 0. The molecule has 17 heavy (non-hydrogen) atoms. The fourth-order valence-electron chi connectivity index (χ4n) is 1.58. The largest absolute Gasteiger partial charge is 0.368 e. The molecule has 6 nitrogen and oxygen atoms in total. The van der Waals surface area contributed by atoms with Crippen LogP contribution >= 0.6 is 0 Å². The Morgan fingerprint density at radius 2 is 2.18 bits per heavy atom. The molecule has 0 fully saturated rings. The van der Waals surface area contributed by atoms with Crippen LogP contribution in [0.1, 0.15) is 29.9 Å². The highest BCUT2D eigenvalue weighted by Crippen LogP contribution is 2.09. The van der Waals surface area contributed by atoms with Gasteiger partial charge in [-0.3, -0.25) is 14.7 Å². The molecular weight excluding hydrogens is 220 g/mol. The molecule has 94 valence electrons. The number of nitrogens with two attached hydrogens (primary N) is 1. The molecule has 2 amide bonds. The lowest BCUT2D eigenvalue weighted by molar-refractivity contribution is -0.118. The number of H-pyrrole nitrogens is 1. The van der Waals surface area contributed by atoms with Gasteiger partial charge < -0.3 is 10.6 Å². The SMILES string of the molecule is Cc1[nH]ncc1C(=O)N(CC(N)=O)CC(C)C. The van der Waals surface area contributed by atoms with Gasteiger partial charge in [0.2, 0.25) is 5.91 Å². The number of aromatic nitrogens is 2. The van der Waals surface area contributed by atoms with Gasteiger partial charge >= 0.3 is 0 Å². The smallest absolute Gasteiger partial charge is 0.257 e. The second-order valence-corrected chi connectivity index (χ2v) is 4.45. The maximum absolute atomic E-state index is 12.2. The normalized spacial score (nSPS) is 10.6. The molecule has 0 radical (unpaired) electrons. The van der Waals surface area contributed by atoms with Crippen LogP contribution in [0.3, 0.4) is 0 Å². The minimum Gasteiger partial charge on any atom is -0.368 e. The van der Waals surface area contributed by atoms with Crippen molar-refractivity contribution in [3.63, 3.8) is 0 Å². The van der Waals surface area contributed by atoms with Crippen LogP contribution in [0, 0.1) is 12.8 Å². The molecule has 1 aromatic heterocycles. The lowest BCUT2D eigenvalue weighted by atomic mass is 10.1. The molecule has 0 atom stereocenters. The molecule has 0 aliphatic rings. The maximum Gasteiger partial charge on any atom is 0.257 e. The number of rotatable bonds is 5. The molecule has 0 saturated heterocycles. The highest BCUT2D eigenvalue weighted by atomic mass is 16.2. The first-order chi connectivity index (χ1) is 7.91. The summed E-state index contributed by atoms with van der Waals surface area (Å²) >= 11 is 0. The van der Waals surface area contributed by atoms with E-state index in [0.29, 0.717) is 17.8 Å². The summed E-state index contributed by atoms with van der Waals surface area (Å²) in [5, 5.41) is 6.49. The Hall–Kier alpha value is -1.85. The Morgan fingerprint density at radius 3 is 2.59 bits per heavy atom. The summed E-state index contributed by atoms with van der Waals surface area (Å²) in [4.78, 5) is 24.6. The van der Waals surface area contributed by atoms with Crippen molar-refractivity contribution in [1.82, 2.24) is 15.1 Å². The molecule has 0 bridgehead atoms. The predicted octanol–water partition coefficient (Wildman–Crippen LogP) is 0.302. The summed E-state index contributed by atoms with van der Waals surface area (Å²) in [5.74, 6) is -0.464. The quantitative estimate of drug-likeness (QED) is 0.772. The van der Waals surface area contributed by atoms with E-state index in [1.165, 1.54) is 11.1 Å². The van der Waals surface area contributed by atoms with E-state index in [1.54, 1.807) is 6.92 Å². The molecule has 0 spiro atoms. The van der Waals surface area contributed by atoms with Crippen molar-refractivity contribution in [3.8, 4) is 0 Å². The molecule has 1 heterocycles. The molecule has 3 N–H and O–H groups in total. The van der Waals surface area contributed by atoms with Gasteiger partial charge in [0.25, 0.3) is 5.91 Å². The summed E-state index contributed by atoms with van der Waals surface area (Å²) in [7, 11) is 0. The zero-order chi connectivity index (χ0) is 13.0. The van der Waals surface area contributed by atoms with Crippen LogP contribution in [0.5, 0.6) is 0 Å². The minimum absolute atomic E-state index is 0.0678. The number of nitrogens with one attached hydrogen (secondary N) is 1. The third kappa shape index (κ3) is 3.58. The Labute approximate surface area is 100 Å².